The summed E-state index contributed by atoms with van der Waals surface area (Å²) in [7, 11) is 0. The molecule has 2 aliphatic rings. The van der Waals surface area contributed by atoms with Gasteiger partial charge in [-0.3, -0.25) is 19.4 Å². The molecule has 2 aliphatic heterocycles. The highest BCUT2D eigenvalue weighted by Gasteiger charge is 2.28. The predicted octanol–water partition coefficient (Wildman–Crippen LogP) is 3.45. The quantitative estimate of drug-likeness (QED) is 0.568. The fourth-order valence-electron chi connectivity index (χ4n) is 4.22. The van der Waals surface area contributed by atoms with Gasteiger partial charge in [-0.2, -0.15) is 0 Å². The Morgan fingerprint density at radius 2 is 1.94 bits per heavy atom. The number of halogens is 2. The van der Waals surface area contributed by atoms with Crippen molar-refractivity contribution in [3.8, 4) is 5.69 Å². The van der Waals surface area contributed by atoms with Gasteiger partial charge in [0.05, 0.1) is 21.6 Å². The maximum absolute atomic E-state index is 14.7. The second-order valence-electron chi connectivity index (χ2n) is 7.74. The number of piperazine rings is 1. The summed E-state index contributed by atoms with van der Waals surface area (Å²) in [4.78, 5) is 14.0. The SMILES string of the molecule is CCCN1CCN(c2nnc3n2-c2cc(F)c(Br)cc2C(c2ccccn2)=NC3)CC1. The van der Waals surface area contributed by atoms with E-state index in [4.69, 9.17) is 4.99 Å². The molecule has 0 radical (unpaired) electrons. The molecule has 0 unspecified atom stereocenters. The summed E-state index contributed by atoms with van der Waals surface area (Å²) in [5, 5.41) is 8.91. The fraction of sp³-hybridized carbons (Fsp3) is 0.364. The van der Waals surface area contributed by atoms with Gasteiger partial charge in [0.1, 0.15) is 12.4 Å². The van der Waals surface area contributed by atoms with Crippen molar-refractivity contribution in [2.24, 2.45) is 4.99 Å². The molecule has 7 nitrogen and oxygen atoms in total. The number of hydrogen-bond donors (Lipinski definition) is 0. The third-order valence-corrected chi connectivity index (χ3v) is 6.34. The van der Waals surface area contributed by atoms with Crippen LogP contribution in [-0.2, 0) is 6.54 Å². The summed E-state index contributed by atoms with van der Waals surface area (Å²) in [5.41, 5.74) is 2.96. The third-order valence-electron chi connectivity index (χ3n) is 5.73. The van der Waals surface area contributed by atoms with E-state index in [1.54, 1.807) is 12.3 Å². The van der Waals surface area contributed by atoms with Crippen LogP contribution in [0.1, 0.15) is 30.4 Å². The predicted molar refractivity (Wildman–Crippen MR) is 122 cm³/mol. The van der Waals surface area contributed by atoms with Gasteiger partial charge in [0.2, 0.25) is 5.95 Å². The number of pyridine rings is 1. The molecule has 0 bridgehead atoms. The van der Waals surface area contributed by atoms with E-state index >= 15 is 0 Å². The molecule has 0 amide bonds. The van der Waals surface area contributed by atoms with E-state index in [1.165, 1.54) is 6.07 Å². The standard InChI is InChI=1S/C22H23BrFN7/c1-2-7-29-8-10-30(11-9-29)22-28-27-20-14-26-21(18-5-3-4-6-25-18)15-12-16(23)17(24)13-19(15)31(20)22/h3-6,12-13H,2,7-11,14H2,1H3. The molecule has 1 fully saturated rings. The summed E-state index contributed by atoms with van der Waals surface area (Å²) in [6.07, 6.45) is 2.89. The lowest BCUT2D eigenvalue weighted by atomic mass is 10.0. The molecule has 0 N–H and O–H groups in total. The van der Waals surface area contributed by atoms with Gasteiger partial charge in [0, 0.05) is 37.9 Å². The lowest BCUT2D eigenvalue weighted by Gasteiger charge is -2.35. The van der Waals surface area contributed by atoms with Crippen molar-refractivity contribution < 1.29 is 4.39 Å². The highest BCUT2D eigenvalue weighted by molar-refractivity contribution is 9.10. The average Bonchev–Trinajstić information content (AvgIpc) is 3.15. The second-order valence-corrected chi connectivity index (χ2v) is 8.60. The number of aliphatic imine (C=N–C) groups is 1. The van der Waals surface area contributed by atoms with Crippen LogP contribution in [0.25, 0.3) is 5.69 Å². The smallest absolute Gasteiger partial charge is 0.232 e. The number of hydrogen-bond acceptors (Lipinski definition) is 6. The van der Waals surface area contributed by atoms with Crippen LogP contribution in [0.4, 0.5) is 10.3 Å². The molecule has 0 spiro atoms. The molecule has 5 rings (SSSR count). The number of fused-ring (bicyclic) bond motifs is 3. The van der Waals surface area contributed by atoms with Crippen LogP contribution in [0.3, 0.4) is 0 Å². The Balaban J connectivity index is 1.59. The molecule has 160 valence electrons. The fourth-order valence-corrected chi connectivity index (χ4v) is 4.56. The number of aromatic nitrogens is 4. The summed E-state index contributed by atoms with van der Waals surface area (Å²) < 4.78 is 17.1. The van der Waals surface area contributed by atoms with E-state index in [9.17, 15) is 4.39 Å². The zero-order chi connectivity index (χ0) is 21.4. The molecular formula is C22H23BrFN7. The topological polar surface area (TPSA) is 62.4 Å². The molecule has 0 atom stereocenters. The summed E-state index contributed by atoms with van der Waals surface area (Å²) in [5.74, 6) is 1.10. The van der Waals surface area contributed by atoms with Crippen LogP contribution in [0.2, 0.25) is 0 Å². The van der Waals surface area contributed by atoms with Crippen LogP contribution in [0.5, 0.6) is 0 Å². The Morgan fingerprint density at radius 3 is 2.68 bits per heavy atom. The van der Waals surface area contributed by atoms with Gasteiger partial charge in [-0.05, 0) is 53.2 Å². The molecule has 4 heterocycles. The Bertz CT molecular complexity index is 1120. The number of benzene rings is 1. The monoisotopic (exact) mass is 483 g/mol. The van der Waals surface area contributed by atoms with E-state index in [1.807, 2.05) is 22.8 Å². The Labute approximate surface area is 188 Å². The normalized spacial score (nSPS) is 16.5. The highest BCUT2D eigenvalue weighted by atomic mass is 79.9. The highest BCUT2D eigenvalue weighted by Crippen LogP contribution is 2.32. The first-order chi connectivity index (χ1) is 15.2. The Kier molecular flexibility index (Phi) is 5.54. The van der Waals surface area contributed by atoms with Crippen molar-refractivity contribution >= 4 is 27.6 Å². The van der Waals surface area contributed by atoms with Gasteiger partial charge in [-0.1, -0.05) is 13.0 Å². The minimum absolute atomic E-state index is 0.334. The molecule has 3 aromatic rings. The van der Waals surface area contributed by atoms with Crippen molar-refractivity contribution in [1.29, 1.82) is 0 Å². The second kappa shape index (κ2) is 8.47. The van der Waals surface area contributed by atoms with Gasteiger partial charge < -0.3 is 4.90 Å². The van der Waals surface area contributed by atoms with Gasteiger partial charge in [0.25, 0.3) is 0 Å². The van der Waals surface area contributed by atoms with Gasteiger partial charge >= 0.3 is 0 Å². The van der Waals surface area contributed by atoms with Gasteiger partial charge in [-0.15, -0.1) is 10.2 Å². The average molecular weight is 484 g/mol. The van der Waals surface area contributed by atoms with Crippen LogP contribution >= 0.6 is 15.9 Å². The molecule has 2 aromatic heterocycles. The van der Waals surface area contributed by atoms with Crippen LogP contribution < -0.4 is 4.90 Å². The molecule has 0 aliphatic carbocycles. The van der Waals surface area contributed by atoms with Crippen LogP contribution in [0, 0.1) is 5.82 Å². The maximum atomic E-state index is 14.7. The third kappa shape index (κ3) is 3.76. The number of rotatable bonds is 4. The zero-order valence-electron chi connectivity index (χ0n) is 17.3. The van der Waals surface area contributed by atoms with Crippen molar-refractivity contribution in [2.45, 2.75) is 19.9 Å². The van der Waals surface area contributed by atoms with E-state index in [0.717, 1.165) is 62.1 Å². The van der Waals surface area contributed by atoms with Gasteiger partial charge in [0.15, 0.2) is 5.82 Å². The summed E-state index contributed by atoms with van der Waals surface area (Å²) in [6.45, 7) is 7.34. The molecule has 31 heavy (non-hydrogen) atoms. The van der Waals surface area contributed by atoms with Crippen molar-refractivity contribution in [2.75, 3.05) is 37.6 Å². The maximum Gasteiger partial charge on any atom is 0.232 e. The van der Waals surface area contributed by atoms with E-state index in [0.29, 0.717) is 22.5 Å². The first-order valence-electron chi connectivity index (χ1n) is 10.5. The molecule has 9 heteroatoms. The largest absolute Gasteiger partial charge is 0.338 e. The summed E-state index contributed by atoms with van der Waals surface area (Å²) >= 11 is 3.34. The van der Waals surface area contributed by atoms with Crippen molar-refractivity contribution in [3.63, 3.8) is 0 Å². The first kappa shape index (κ1) is 20.3. The lowest BCUT2D eigenvalue weighted by molar-refractivity contribution is 0.257. The number of anilines is 1. The molecular weight excluding hydrogens is 461 g/mol. The van der Waals surface area contributed by atoms with Crippen molar-refractivity contribution in [1.82, 2.24) is 24.6 Å². The molecule has 0 saturated carbocycles. The van der Waals surface area contributed by atoms with Crippen LogP contribution in [0.15, 0.2) is 46.0 Å². The Morgan fingerprint density at radius 1 is 1.10 bits per heavy atom. The van der Waals surface area contributed by atoms with Crippen LogP contribution in [-0.4, -0.2) is 63.1 Å². The molecule has 1 aromatic carbocycles. The summed E-state index contributed by atoms with van der Waals surface area (Å²) in [6, 6.07) is 9.02. The Hall–Kier alpha value is -2.65. The lowest BCUT2D eigenvalue weighted by Crippen LogP contribution is -2.47. The van der Waals surface area contributed by atoms with E-state index in [-0.39, 0.29) is 5.82 Å². The first-order valence-corrected chi connectivity index (χ1v) is 11.3. The van der Waals surface area contributed by atoms with E-state index < -0.39 is 0 Å². The zero-order valence-corrected chi connectivity index (χ0v) is 18.9. The van der Waals surface area contributed by atoms with Crippen molar-refractivity contribution in [3.05, 3.63) is 63.9 Å². The minimum Gasteiger partial charge on any atom is -0.338 e. The molecule has 1 saturated heterocycles. The van der Waals surface area contributed by atoms with Gasteiger partial charge in [-0.25, -0.2) is 4.39 Å². The van der Waals surface area contributed by atoms with E-state index in [2.05, 4.69) is 47.8 Å². The minimum atomic E-state index is -0.334. The number of nitrogens with zero attached hydrogens (tertiary/aromatic N) is 7.